The number of anilines is 1. The number of nitrogens with one attached hydrogen (secondary N) is 1. The molecule has 1 saturated carbocycles. The van der Waals surface area contributed by atoms with Crippen molar-refractivity contribution in [1.82, 2.24) is 0 Å². The first-order valence-corrected chi connectivity index (χ1v) is 7.48. The molecule has 0 atom stereocenters. The van der Waals surface area contributed by atoms with Gasteiger partial charge in [-0.25, -0.2) is 0 Å². The standard InChI is InChI=1S/C15H20ClF3N2/c1-10-2-4-14(9-20,5-3-10)21-13-7-11(15(17,18)19)6-12(16)8-13/h6-8,10,21H,2-5,9,20H2,1H3. The molecule has 6 heteroatoms. The molecule has 0 spiro atoms. The summed E-state index contributed by atoms with van der Waals surface area (Å²) in [5.41, 5.74) is 5.18. The van der Waals surface area contributed by atoms with Crippen molar-refractivity contribution in [2.75, 3.05) is 11.9 Å². The molecular weight excluding hydrogens is 301 g/mol. The summed E-state index contributed by atoms with van der Waals surface area (Å²) < 4.78 is 38.5. The molecule has 1 fully saturated rings. The molecule has 3 N–H and O–H groups in total. The van der Waals surface area contributed by atoms with Crippen LogP contribution in [0.1, 0.15) is 38.2 Å². The molecule has 0 saturated heterocycles. The number of halogens is 4. The van der Waals surface area contributed by atoms with Crippen molar-refractivity contribution in [3.63, 3.8) is 0 Å². The third kappa shape index (κ3) is 4.04. The lowest BCUT2D eigenvalue weighted by Crippen LogP contribution is -2.48. The Morgan fingerprint density at radius 2 is 1.90 bits per heavy atom. The highest BCUT2D eigenvalue weighted by molar-refractivity contribution is 6.30. The first kappa shape index (κ1) is 16.4. The first-order chi connectivity index (χ1) is 9.74. The number of nitrogens with two attached hydrogens (primary N) is 1. The van der Waals surface area contributed by atoms with Crippen LogP contribution in [0.15, 0.2) is 18.2 Å². The SMILES string of the molecule is CC1CCC(CN)(Nc2cc(Cl)cc(C(F)(F)F)c2)CC1. The van der Waals surface area contributed by atoms with Crippen LogP contribution >= 0.6 is 11.6 Å². The van der Waals surface area contributed by atoms with Gasteiger partial charge in [-0.2, -0.15) is 13.2 Å². The second-order valence-electron chi connectivity index (χ2n) is 6.02. The smallest absolute Gasteiger partial charge is 0.378 e. The molecule has 2 nitrogen and oxygen atoms in total. The van der Waals surface area contributed by atoms with Crippen LogP contribution in [-0.2, 0) is 6.18 Å². The van der Waals surface area contributed by atoms with E-state index in [4.69, 9.17) is 17.3 Å². The zero-order chi connectivity index (χ0) is 15.7. The monoisotopic (exact) mass is 320 g/mol. The Bertz CT molecular complexity index is 494. The molecule has 0 amide bonds. The lowest BCUT2D eigenvalue weighted by molar-refractivity contribution is -0.137. The van der Waals surface area contributed by atoms with Gasteiger partial charge in [0.25, 0.3) is 0 Å². The summed E-state index contributed by atoms with van der Waals surface area (Å²) in [6, 6.07) is 3.55. The summed E-state index contributed by atoms with van der Waals surface area (Å²) in [6.45, 7) is 2.58. The minimum absolute atomic E-state index is 0.0728. The number of benzene rings is 1. The van der Waals surface area contributed by atoms with Gasteiger partial charge in [0, 0.05) is 22.8 Å². The molecule has 0 aliphatic heterocycles. The molecule has 118 valence electrons. The van der Waals surface area contributed by atoms with Gasteiger partial charge in [0.1, 0.15) is 0 Å². The Morgan fingerprint density at radius 3 is 2.43 bits per heavy atom. The summed E-state index contributed by atoms with van der Waals surface area (Å²) in [4.78, 5) is 0. The van der Waals surface area contributed by atoms with Crippen LogP contribution in [0.3, 0.4) is 0 Å². The van der Waals surface area contributed by atoms with Crippen molar-refractivity contribution in [2.24, 2.45) is 11.7 Å². The van der Waals surface area contributed by atoms with E-state index in [1.807, 2.05) is 0 Å². The van der Waals surface area contributed by atoms with Crippen LogP contribution in [-0.4, -0.2) is 12.1 Å². The average Bonchev–Trinajstić information content (AvgIpc) is 2.40. The Balaban J connectivity index is 2.24. The fraction of sp³-hybridized carbons (Fsp3) is 0.600. The van der Waals surface area contributed by atoms with Crippen LogP contribution in [0, 0.1) is 5.92 Å². The zero-order valence-electron chi connectivity index (χ0n) is 11.9. The Hall–Kier alpha value is -0.940. The Labute approximate surface area is 127 Å². The minimum atomic E-state index is -4.40. The highest BCUT2D eigenvalue weighted by Gasteiger charge is 2.35. The summed E-state index contributed by atoms with van der Waals surface area (Å²) >= 11 is 5.81. The predicted molar refractivity (Wildman–Crippen MR) is 79.5 cm³/mol. The quantitative estimate of drug-likeness (QED) is 0.848. The van der Waals surface area contributed by atoms with E-state index in [0.717, 1.165) is 37.8 Å². The second kappa shape index (κ2) is 6.05. The maximum absolute atomic E-state index is 12.8. The van der Waals surface area contributed by atoms with E-state index in [9.17, 15) is 13.2 Å². The maximum Gasteiger partial charge on any atom is 0.416 e. The lowest BCUT2D eigenvalue weighted by Gasteiger charge is -2.40. The van der Waals surface area contributed by atoms with Crippen molar-refractivity contribution < 1.29 is 13.2 Å². The molecule has 2 rings (SSSR count). The van der Waals surface area contributed by atoms with E-state index in [1.54, 1.807) is 0 Å². The summed E-state index contributed by atoms with van der Waals surface area (Å²) in [5, 5.41) is 3.28. The Morgan fingerprint density at radius 1 is 1.29 bits per heavy atom. The van der Waals surface area contributed by atoms with Crippen molar-refractivity contribution >= 4 is 17.3 Å². The average molecular weight is 321 g/mol. The van der Waals surface area contributed by atoms with Crippen LogP contribution in [0.5, 0.6) is 0 Å². The molecule has 1 aromatic rings. The van der Waals surface area contributed by atoms with E-state index >= 15 is 0 Å². The van der Waals surface area contributed by atoms with E-state index in [1.165, 1.54) is 6.07 Å². The van der Waals surface area contributed by atoms with Crippen LogP contribution in [0.4, 0.5) is 18.9 Å². The molecule has 0 aromatic heterocycles. The van der Waals surface area contributed by atoms with Crippen molar-refractivity contribution in [3.05, 3.63) is 28.8 Å². The fourth-order valence-electron chi connectivity index (χ4n) is 2.83. The van der Waals surface area contributed by atoms with Gasteiger partial charge in [-0.1, -0.05) is 18.5 Å². The van der Waals surface area contributed by atoms with Crippen LogP contribution in [0.25, 0.3) is 0 Å². The third-order valence-electron chi connectivity index (χ3n) is 4.26. The van der Waals surface area contributed by atoms with Gasteiger partial charge in [-0.15, -0.1) is 0 Å². The third-order valence-corrected chi connectivity index (χ3v) is 4.47. The number of rotatable bonds is 3. The number of hydrogen-bond donors (Lipinski definition) is 2. The molecule has 0 bridgehead atoms. The Kier molecular flexibility index (Phi) is 4.73. The normalized spacial score (nSPS) is 26.7. The van der Waals surface area contributed by atoms with Gasteiger partial charge < -0.3 is 11.1 Å². The summed E-state index contributed by atoms with van der Waals surface area (Å²) in [5.74, 6) is 0.636. The molecule has 1 aromatic carbocycles. The van der Waals surface area contributed by atoms with Crippen LogP contribution in [0.2, 0.25) is 5.02 Å². The fourth-order valence-corrected chi connectivity index (χ4v) is 3.06. The molecular formula is C15H20ClF3N2. The topological polar surface area (TPSA) is 38.0 Å². The van der Waals surface area contributed by atoms with Crippen LogP contribution < -0.4 is 11.1 Å². The van der Waals surface area contributed by atoms with Gasteiger partial charge in [0.05, 0.1) is 5.56 Å². The van der Waals surface area contributed by atoms with E-state index < -0.39 is 11.7 Å². The minimum Gasteiger partial charge on any atom is -0.378 e. The number of hydrogen-bond acceptors (Lipinski definition) is 2. The highest BCUT2D eigenvalue weighted by atomic mass is 35.5. The lowest BCUT2D eigenvalue weighted by atomic mass is 9.77. The summed E-state index contributed by atoms with van der Waals surface area (Å²) in [7, 11) is 0. The van der Waals surface area contributed by atoms with E-state index in [0.29, 0.717) is 18.2 Å². The van der Waals surface area contributed by atoms with Crippen molar-refractivity contribution in [1.29, 1.82) is 0 Å². The second-order valence-corrected chi connectivity index (χ2v) is 6.45. The molecule has 0 heterocycles. The highest BCUT2D eigenvalue weighted by Crippen LogP contribution is 2.37. The molecule has 21 heavy (non-hydrogen) atoms. The molecule has 1 aliphatic rings. The van der Waals surface area contributed by atoms with Crippen molar-refractivity contribution in [3.8, 4) is 0 Å². The molecule has 1 aliphatic carbocycles. The first-order valence-electron chi connectivity index (χ1n) is 7.10. The largest absolute Gasteiger partial charge is 0.416 e. The maximum atomic E-state index is 12.8. The van der Waals surface area contributed by atoms with Gasteiger partial charge in [0.15, 0.2) is 0 Å². The van der Waals surface area contributed by atoms with E-state index in [2.05, 4.69) is 12.2 Å². The van der Waals surface area contributed by atoms with E-state index in [-0.39, 0.29) is 10.6 Å². The molecule has 0 radical (unpaired) electrons. The van der Waals surface area contributed by atoms with Gasteiger partial charge in [0.2, 0.25) is 0 Å². The number of alkyl halides is 3. The molecule has 0 unspecified atom stereocenters. The summed E-state index contributed by atoms with van der Waals surface area (Å²) in [6.07, 6.45) is -0.636. The van der Waals surface area contributed by atoms with Gasteiger partial charge in [-0.05, 0) is 49.8 Å². The predicted octanol–water partition coefficient (Wildman–Crippen LogP) is 4.68. The van der Waals surface area contributed by atoms with Gasteiger partial charge >= 0.3 is 6.18 Å². The van der Waals surface area contributed by atoms with Crippen molar-refractivity contribution in [2.45, 2.75) is 44.3 Å². The zero-order valence-corrected chi connectivity index (χ0v) is 12.7. The van der Waals surface area contributed by atoms with Gasteiger partial charge in [-0.3, -0.25) is 0 Å².